The van der Waals surface area contributed by atoms with Gasteiger partial charge in [0.05, 0.1) is 11.2 Å². The molecule has 2 bridgehead atoms. The van der Waals surface area contributed by atoms with E-state index in [1.807, 2.05) is 49.2 Å². The summed E-state index contributed by atoms with van der Waals surface area (Å²) < 4.78 is 0. The van der Waals surface area contributed by atoms with Crippen LogP contribution in [0.2, 0.25) is 5.02 Å². The highest BCUT2D eigenvalue weighted by atomic mass is 35.5. The van der Waals surface area contributed by atoms with Gasteiger partial charge in [-0.25, -0.2) is 9.97 Å². The van der Waals surface area contributed by atoms with Crippen LogP contribution in [0, 0.1) is 6.92 Å². The Morgan fingerprint density at radius 1 is 1.06 bits per heavy atom. The molecule has 5 nitrogen and oxygen atoms in total. The van der Waals surface area contributed by atoms with Crippen molar-refractivity contribution in [3.05, 3.63) is 70.1 Å². The minimum atomic E-state index is 0.0571. The maximum absolute atomic E-state index is 13.4. The van der Waals surface area contributed by atoms with Gasteiger partial charge < -0.3 is 10.2 Å². The van der Waals surface area contributed by atoms with Gasteiger partial charge in [-0.05, 0) is 82.6 Å². The van der Waals surface area contributed by atoms with Gasteiger partial charge in [-0.2, -0.15) is 0 Å². The molecule has 1 amide bonds. The molecule has 1 N–H and O–H groups in total. The number of amides is 1. The third-order valence-electron chi connectivity index (χ3n) is 8.61. The van der Waals surface area contributed by atoms with Crippen LogP contribution in [0.25, 0.3) is 10.9 Å². The molecular formula is C29H33ClN4O. The molecule has 3 aromatic rings. The van der Waals surface area contributed by atoms with Crippen molar-refractivity contribution in [1.29, 1.82) is 0 Å². The van der Waals surface area contributed by atoms with E-state index in [-0.39, 0.29) is 23.0 Å². The summed E-state index contributed by atoms with van der Waals surface area (Å²) in [5.74, 6) is 1.51. The molecule has 182 valence electrons. The van der Waals surface area contributed by atoms with Crippen molar-refractivity contribution in [2.24, 2.45) is 0 Å². The van der Waals surface area contributed by atoms with Crippen LogP contribution in [-0.4, -0.2) is 44.9 Å². The summed E-state index contributed by atoms with van der Waals surface area (Å²) in [5, 5.41) is 5.60. The monoisotopic (exact) mass is 488 g/mol. The fraction of sp³-hybridized carbons (Fsp3) is 0.483. The lowest BCUT2D eigenvalue weighted by Crippen LogP contribution is -2.59. The molecule has 0 spiro atoms. The van der Waals surface area contributed by atoms with Crippen LogP contribution in [0.5, 0.6) is 0 Å². The first-order valence-electron chi connectivity index (χ1n) is 12.7. The second-order valence-corrected chi connectivity index (χ2v) is 12.0. The Bertz CT molecular complexity index is 1320. The molecule has 1 aliphatic carbocycles. The lowest BCUT2D eigenvalue weighted by Gasteiger charge is -2.45. The number of halogens is 1. The highest BCUT2D eigenvalue weighted by molar-refractivity contribution is 6.31. The number of aromatic nitrogens is 2. The van der Waals surface area contributed by atoms with Crippen LogP contribution >= 0.6 is 11.6 Å². The lowest BCUT2D eigenvalue weighted by atomic mass is 9.84. The highest BCUT2D eigenvalue weighted by Crippen LogP contribution is 2.56. The molecule has 2 aromatic carbocycles. The van der Waals surface area contributed by atoms with Gasteiger partial charge in [-0.3, -0.25) is 4.79 Å². The molecule has 6 heteroatoms. The second-order valence-electron chi connectivity index (χ2n) is 11.6. The van der Waals surface area contributed by atoms with Gasteiger partial charge in [0.15, 0.2) is 0 Å². The molecule has 3 aliphatic rings. The Morgan fingerprint density at radius 3 is 2.49 bits per heavy atom. The summed E-state index contributed by atoms with van der Waals surface area (Å²) in [6, 6.07) is 14.3. The summed E-state index contributed by atoms with van der Waals surface area (Å²) in [7, 11) is 1.95. The van der Waals surface area contributed by atoms with Crippen LogP contribution in [0.3, 0.4) is 0 Å². The normalized spacial score (nSPS) is 31.5. The van der Waals surface area contributed by atoms with E-state index in [1.165, 1.54) is 12.8 Å². The van der Waals surface area contributed by atoms with Crippen LogP contribution in [0.15, 0.2) is 42.5 Å². The molecule has 6 rings (SSSR count). The number of carbonyl (C=O) groups is 1. The Kier molecular flexibility index (Phi) is 5.25. The fourth-order valence-corrected chi connectivity index (χ4v) is 7.09. The molecule has 1 saturated carbocycles. The molecule has 1 aromatic heterocycles. The molecule has 3 heterocycles. The number of nitrogens with one attached hydrogen (secondary N) is 1. The quantitative estimate of drug-likeness (QED) is 0.489. The molecule has 3 fully saturated rings. The van der Waals surface area contributed by atoms with Gasteiger partial charge in [0.1, 0.15) is 5.82 Å². The van der Waals surface area contributed by atoms with Gasteiger partial charge in [0, 0.05) is 46.1 Å². The number of carbonyl (C=O) groups excluding carboxylic acids is 1. The van der Waals surface area contributed by atoms with Crippen LogP contribution in [0.4, 0.5) is 0 Å². The number of hydrogen-bond donors (Lipinski definition) is 1. The zero-order valence-corrected chi connectivity index (χ0v) is 21.7. The molecule has 35 heavy (non-hydrogen) atoms. The fourth-order valence-electron chi connectivity index (χ4n) is 6.77. The van der Waals surface area contributed by atoms with Crippen molar-refractivity contribution in [3.63, 3.8) is 0 Å². The minimum Gasteiger partial charge on any atom is -0.339 e. The van der Waals surface area contributed by atoms with Gasteiger partial charge in [-0.15, -0.1) is 0 Å². The molecular weight excluding hydrogens is 456 g/mol. The average Bonchev–Trinajstić information content (AvgIpc) is 3.57. The number of fused-ring (bicyclic) bond motifs is 3. The van der Waals surface area contributed by atoms with Crippen molar-refractivity contribution in [2.45, 2.75) is 81.8 Å². The van der Waals surface area contributed by atoms with Gasteiger partial charge in [-0.1, -0.05) is 35.9 Å². The highest BCUT2D eigenvalue weighted by Gasteiger charge is 2.50. The molecule has 4 atom stereocenters. The summed E-state index contributed by atoms with van der Waals surface area (Å²) >= 11 is 6.79. The first kappa shape index (κ1) is 22.9. The van der Waals surface area contributed by atoms with Crippen LogP contribution in [-0.2, 0) is 0 Å². The zero-order chi connectivity index (χ0) is 24.5. The van der Waals surface area contributed by atoms with Gasteiger partial charge >= 0.3 is 0 Å². The SMILES string of the molecule is Cc1nc([C@@H]2C[C@H]2c2ccc(C(=O)N(C)C3CC4(C)CCC(C)(C3)N4)cc2Cl)c2ccccc2n1. The average molecular weight is 489 g/mol. The van der Waals surface area contributed by atoms with Crippen LogP contribution < -0.4 is 5.32 Å². The maximum atomic E-state index is 13.4. The van der Waals surface area contributed by atoms with E-state index in [0.29, 0.717) is 22.4 Å². The van der Waals surface area contributed by atoms with Crippen molar-refractivity contribution < 1.29 is 4.79 Å². The maximum Gasteiger partial charge on any atom is 0.253 e. The number of hydrogen-bond acceptors (Lipinski definition) is 4. The summed E-state index contributed by atoms with van der Waals surface area (Å²) in [4.78, 5) is 24.8. The standard InChI is InChI=1S/C29H33ClN4O/c1-17-31-25-8-6-5-7-21(25)26(32-17)23-14-22(23)20-10-9-18(13-24(20)30)27(35)34(4)19-15-28(2)11-12-29(3,16-19)33-28/h5-10,13,19,22-23,33H,11-12,14-16H2,1-4H3/t19?,22-,23+,28?,29?/m0/s1. The van der Waals surface area contributed by atoms with Gasteiger partial charge in [0.25, 0.3) is 5.91 Å². The number of benzene rings is 2. The molecule has 2 unspecified atom stereocenters. The van der Waals surface area contributed by atoms with E-state index in [4.69, 9.17) is 16.6 Å². The van der Waals surface area contributed by atoms with Crippen LogP contribution in [0.1, 0.15) is 85.2 Å². The molecule has 2 saturated heterocycles. The van der Waals surface area contributed by atoms with E-state index in [1.54, 1.807) is 0 Å². The van der Waals surface area contributed by atoms with E-state index in [0.717, 1.165) is 47.2 Å². The Morgan fingerprint density at radius 2 is 1.77 bits per heavy atom. The van der Waals surface area contributed by atoms with Crippen molar-refractivity contribution in [1.82, 2.24) is 20.2 Å². The Labute approximate surface area is 212 Å². The molecule has 2 aliphatic heterocycles. The first-order valence-corrected chi connectivity index (χ1v) is 13.1. The van der Waals surface area contributed by atoms with E-state index in [2.05, 4.69) is 36.3 Å². The van der Waals surface area contributed by atoms with E-state index >= 15 is 0 Å². The smallest absolute Gasteiger partial charge is 0.253 e. The summed E-state index contributed by atoms with van der Waals surface area (Å²) in [6.45, 7) is 6.54. The van der Waals surface area contributed by atoms with E-state index in [9.17, 15) is 4.79 Å². The minimum absolute atomic E-state index is 0.0571. The predicted octanol–water partition coefficient (Wildman–Crippen LogP) is 6.00. The Balaban J connectivity index is 1.21. The largest absolute Gasteiger partial charge is 0.339 e. The Hall–Kier alpha value is -2.50. The molecule has 0 radical (unpaired) electrons. The third kappa shape index (κ3) is 4.03. The van der Waals surface area contributed by atoms with Crippen molar-refractivity contribution >= 4 is 28.4 Å². The number of aryl methyl sites for hydroxylation is 1. The summed E-state index contributed by atoms with van der Waals surface area (Å²) in [6.07, 6.45) is 5.34. The number of nitrogens with zero attached hydrogens (tertiary/aromatic N) is 3. The third-order valence-corrected chi connectivity index (χ3v) is 8.93. The van der Waals surface area contributed by atoms with Gasteiger partial charge in [0.2, 0.25) is 0 Å². The number of para-hydroxylation sites is 1. The second kappa shape index (κ2) is 8.01. The first-order chi connectivity index (χ1) is 16.6. The zero-order valence-electron chi connectivity index (χ0n) is 20.9. The lowest BCUT2D eigenvalue weighted by molar-refractivity contribution is 0.0597. The van der Waals surface area contributed by atoms with Crippen molar-refractivity contribution in [2.75, 3.05) is 7.05 Å². The predicted molar refractivity (Wildman–Crippen MR) is 140 cm³/mol. The number of rotatable bonds is 4. The van der Waals surface area contributed by atoms with Crippen molar-refractivity contribution in [3.8, 4) is 0 Å². The number of piperidine rings is 1. The summed E-state index contributed by atoms with van der Waals surface area (Å²) in [5.41, 5.74) is 4.12. The topological polar surface area (TPSA) is 58.1 Å². The van der Waals surface area contributed by atoms with E-state index < -0.39 is 0 Å².